The van der Waals surface area contributed by atoms with Crippen molar-refractivity contribution in [2.24, 2.45) is 0 Å². The van der Waals surface area contributed by atoms with Gasteiger partial charge in [0.15, 0.2) is 11.6 Å². The third-order valence-corrected chi connectivity index (χ3v) is 1.18. The van der Waals surface area contributed by atoms with E-state index in [1.807, 2.05) is 0 Å². The van der Waals surface area contributed by atoms with E-state index in [4.69, 9.17) is 0 Å². The van der Waals surface area contributed by atoms with Gasteiger partial charge in [0, 0.05) is 13.0 Å². The van der Waals surface area contributed by atoms with E-state index in [-0.39, 0.29) is 10.4 Å². The Kier molecular flexibility index (Phi) is 1.53. The lowest BCUT2D eigenvalue weighted by atomic mass is 10.3. The lowest BCUT2D eigenvalue weighted by Gasteiger charge is -1.99. The summed E-state index contributed by atoms with van der Waals surface area (Å²) in [6.45, 7) is 1.28. The minimum Gasteiger partial charge on any atom is -0.618 e. The Labute approximate surface area is 56.3 Å². The molecule has 1 aromatic rings. The van der Waals surface area contributed by atoms with E-state index in [0.29, 0.717) is 12.3 Å². The van der Waals surface area contributed by atoms with Crippen LogP contribution in [0.4, 0.5) is 8.78 Å². The predicted molar refractivity (Wildman–Crippen MR) is 30.1 cm³/mol. The first-order valence-electron chi connectivity index (χ1n) is 2.66. The highest BCUT2D eigenvalue weighted by Gasteiger charge is 2.08. The van der Waals surface area contributed by atoms with Crippen LogP contribution >= 0.6 is 0 Å². The van der Waals surface area contributed by atoms with Crippen LogP contribution in [0.2, 0.25) is 0 Å². The van der Waals surface area contributed by atoms with Gasteiger partial charge in [-0.15, -0.1) is 0 Å². The molecular weight excluding hydrogens is 140 g/mol. The van der Waals surface area contributed by atoms with Crippen molar-refractivity contribution in [3.8, 4) is 0 Å². The van der Waals surface area contributed by atoms with Gasteiger partial charge in [0.2, 0.25) is 11.9 Å². The molecule has 54 valence electrons. The molecule has 0 atom stereocenters. The van der Waals surface area contributed by atoms with Gasteiger partial charge < -0.3 is 5.21 Å². The van der Waals surface area contributed by atoms with Crippen LogP contribution in [0, 0.1) is 23.8 Å². The van der Waals surface area contributed by atoms with Gasteiger partial charge in [-0.2, -0.15) is 9.12 Å². The van der Waals surface area contributed by atoms with Crippen LogP contribution in [0.5, 0.6) is 0 Å². The monoisotopic (exact) mass is 145 g/mol. The summed E-state index contributed by atoms with van der Waals surface area (Å²) in [7, 11) is 0. The first-order chi connectivity index (χ1) is 4.61. The van der Waals surface area contributed by atoms with Gasteiger partial charge in [0.1, 0.15) is 0 Å². The number of halogens is 2. The first kappa shape index (κ1) is 6.92. The Morgan fingerprint density at radius 3 is 2.60 bits per heavy atom. The Morgan fingerprint density at radius 2 is 2.10 bits per heavy atom. The normalized spacial score (nSPS) is 9.90. The summed E-state index contributed by atoms with van der Waals surface area (Å²) >= 11 is 0. The van der Waals surface area contributed by atoms with Gasteiger partial charge >= 0.3 is 0 Å². The molecule has 0 aliphatic carbocycles. The summed E-state index contributed by atoms with van der Waals surface area (Å²) in [5.41, 5.74) is -0.124. The minimum atomic E-state index is -0.863. The highest BCUT2D eigenvalue weighted by atomic mass is 19.1. The summed E-state index contributed by atoms with van der Waals surface area (Å²) in [4.78, 5) is 0. The molecule has 0 aromatic carbocycles. The van der Waals surface area contributed by atoms with E-state index in [0.717, 1.165) is 0 Å². The van der Waals surface area contributed by atoms with Crippen molar-refractivity contribution >= 4 is 0 Å². The van der Waals surface area contributed by atoms with Gasteiger partial charge in [-0.3, -0.25) is 0 Å². The van der Waals surface area contributed by atoms with Gasteiger partial charge in [0.25, 0.3) is 0 Å². The molecule has 1 heterocycles. The largest absolute Gasteiger partial charge is 0.618 e. The highest BCUT2D eigenvalue weighted by Crippen LogP contribution is 2.01. The molecule has 0 aliphatic heterocycles. The van der Waals surface area contributed by atoms with E-state index >= 15 is 0 Å². The Balaban J connectivity index is 3.31. The van der Waals surface area contributed by atoms with Crippen molar-refractivity contribution < 1.29 is 13.5 Å². The smallest absolute Gasteiger partial charge is 0.225 e. The average Bonchev–Trinajstić information content (AvgIpc) is 1.82. The maximum Gasteiger partial charge on any atom is 0.225 e. The van der Waals surface area contributed by atoms with Crippen LogP contribution in [-0.2, 0) is 0 Å². The fourth-order valence-electron chi connectivity index (χ4n) is 0.577. The van der Waals surface area contributed by atoms with Gasteiger partial charge in [-0.05, 0) is 0 Å². The third-order valence-electron chi connectivity index (χ3n) is 1.18. The van der Waals surface area contributed by atoms with Crippen LogP contribution in [0.3, 0.4) is 0 Å². The number of nitrogens with zero attached hydrogens (tertiary/aromatic N) is 1. The van der Waals surface area contributed by atoms with E-state index in [1.165, 1.54) is 6.92 Å². The van der Waals surface area contributed by atoms with Gasteiger partial charge in [-0.1, -0.05) is 0 Å². The SMILES string of the molecule is Cc1c(F)cc(F)c[n+]1[O-]. The standard InChI is InChI=1S/C6H5F2NO/c1-4-6(8)2-5(7)3-9(4)10/h2-3H,1H3. The van der Waals surface area contributed by atoms with Gasteiger partial charge in [0.05, 0.1) is 0 Å². The Bertz CT molecular complexity index is 239. The van der Waals surface area contributed by atoms with Crippen molar-refractivity contribution in [1.29, 1.82) is 0 Å². The van der Waals surface area contributed by atoms with Crippen LogP contribution < -0.4 is 4.73 Å². The topological polar surface area (TPSA) is 26.9 Å². The second-order valence-electron chi connectivity index (χ2n) is 1.92. The number of hydrogen-bond acceptors (Lipinski definition) is 1. The number of pyridine rings is 1. The molecule has 0 fully saturated rings. The molecule has 0 saturated carbocycles. The fourth-order valence-corrected chi connectivity index (χ4v) is 0.577. The average molecular weight is 145 g/mol. The summed E-state index contributed by atoms with van der Waals surface area (Å²) in [5.74, 6) is -1.69. The molecule has 10 heavy (non-hydrogen) atoms. The van der Waals surface area contributed by atoms with Crippen molar-refractivity contribution in [2.45, 2.75) is 6.92 Å². The number of rotatable bonds is 0. The second kappa shape index (κ2) is 2.21. The molecular formula is C6H5F2NO. The molecule has 0 saturated heterocycles. The molecule has 1 aromatic heterocycles. The molecule has 1 rings (SSSR count). The van der Waals surface area contributed by atoms with Crippen LogP contribution in [0.25, 0.3) is 0 Å². The minimum absolute atomic E-state index is 0.124. The second-order valence-corrected chi connectivity index (χ2v) is 1.92. The Morgan fingerprint density at radius 1 is 1.50 bits per heavy atom. The lowest BCUT2D eigenvalue weighted by Crippen LogP contribution is -2.31. The molecule has 4 heteroatoms. The summed E-state index contributed by atoms with van der Waals surface area (Å²) in [5, 5.41) is 10.5. The lowest BCUT2D eigenvalue weighted by molar-refractivity contribution is -0.615. The zero-order valence-corrected chi connectivity index (χ0v) is 5.27. The molecule has 0 bridgehead atoms. The van der Waals surface area contributed by atoms with Crippen molar-refractivity contribution in [2.75, 3.05) is 0 Å². The van der Waals surface area contributed by atoms with Crippen molar-refractivity contribution in [1.82, 2.24) is 0 Å². The molecule has 0 spiro atoms. The molecule has 0 unspecified atom stereocenters. The highest BCUT2D eigenvalue weighted by molar-refractivity contribution is 5.00. The molecule has 2 nitrogen and oxygen atoms in total. The number of aromatic nitrogens is 1. The van der Waals surface area contributed by atoms with Gasteiger partial charge in [-0.25, -0.2) is 4.39 Å². The molecule has 0 N–H and O–H groups in total. The first-order valence-corrected chi connectivity index (χ1v) is 2.66. The zero-order chi connectivity index (χ0) is 7.72. The summed E-state index contributed by atoms with van der Waals surface area (Å²) < 4.78 is 24.7. The maximum absolute atomic E-state index is 12.4. The number of hydrogen-bond donors (Lipinski definition) is 0. The molecule has 0 radical (unpaired) electrons. The summed E-state index contributed by atoms with van der Waals surface area (Å²) in [6.07, 6.45) is 0.679. The van der Waals surface area contributed by atoms with E-state index in [2.05, 4.69) is 0 Å². The maximum atomic E-state index is 12.4. The molecule has 0 amide bonds. The van der Waals surface area contributed by atoms with Crippen LogP contribution in [-0.4, -0.2) is 0 Å². The third kappa shape index (κ3) is 1.05. The Hall–Kier alpha value is -1.19. The van der Waals surface area contributed by atoms with E-state index in [9.17, 15) is 14.0 Å². The van der Waals surface area contributed by atoms with Crippen molar-refractivity contribution in [3.63, 3.8) is 0 Å². The quantitative estimate of drug-likeness (QED) is 0.393. The van der Waals surface area contributed by atoms with Crippen LogP contribution in [0.1, 0.15) is 5.69 Å². The predicted octanol–water partition coefficient (Wildman–Crippen LogP) is 0.907. The van der Waals surface area contributed by atoms with E-state index < -0.39 is 11.6 Å². The molecule has 0 aliphatic rings. The fraction of sp³-hybridized carbons (Fsp3) is 0.167. The van der Waals surface area contributed by atoms with Crippen molar-refractivity contribution in [3.05, 3.63) is 34.8 Å². The summed E-state index contributed by atoms with van der Waals surface area (Å²) in [6, 6.07) is 0.670. The van der Waals surface area contributed by atoms with Crippen LogP contribution in [0.15, 0.2) is 12.3 Å². The zero-order valence-electron chi connectivity index (χ0n) is 5.27. The van der Waals surface area contributed by atoms with E-state index in [1.54, 1.807) is 0 Å².